The Morgan fingerprint density at radius 3 is 2.25 bits per heavy atom. The molecule has 5 aromatic carbocycles. The van der Waals surface area contributed by atoms with E-state index in [9.17, 15) is 14.7 Å². The first-order chi connectivity index (χ1) is 25.2. The van der Waals surface area contributed by atoms with E-state index in [0.29, 0.717) is 19.5 Å². The molecule has 0 aromatic heterocycles. The van der Waals surface area contributed by atoms with Gasteiger partial charge in [-0.15, -0.1) is 0 Å². The van der Waals surface area contributed by atoms with E-state index in [4.69, 9.17) is 14.6 Å². The number of rotatable bonds is 14. The first-order valence-corrected chi connectivity index (χ1v) is 18.1. The molecular weight excluding hydrogens is 652 g/mol. The fourth-order valence-electron chi connectivity index (χ4n) is 6.95. The predicted molar refractivity (Wildman–Crippen MR) is 203 cm³/mol. The Morgan fingerprint density at radius 2 is 1.52 bits per heavy atom. The number of hydrogen-bond acceptors (Lipinski definition) is 6. The highest BCUT2D eigenvalue weighted by Crippen LogP contribution is 2.42. The number of likely N-dealkylation sites (N-methyl/N-ethyl adjacent to an activating group) is 1. The summed E-state index contributed by atoms with van der Waals surface area (Å²) in [7, 11) is 2.15. The molecule has 6 rings (SSSR count). The molecule has 1 amide bonds. The second-order valence-electron chi connectivity index (χ2n) is 13.8. The normalized spacial score (nSPS) is 19.4. The molecule has 8 heteroatoms. The molecule has 0 saturated carbocycles. The monoisotopic (exact) mass is 700 g/mol. The molecule has 5 atom stereocenters. The minimum atomic E-state index is -0.901. The first-order valence-electron chi connectivity index (χ1n) is 18.1. The number of aliphatic hydroxyl groups excluding tert-OH is 1. The summed E-state index contributed by atoms with van der Waals surface area (Å²) in [6.07, 6.45) is -0.488. The van der Waals surface area contributed by atoms with Gasteiger partial charge in [0.1, 0.15) is 0 Å². The van der Waals surface area contributed by atoms with Gasteiger partial charge in [0.15, 0.2) is 6.29 Å². The third-order valence-electron chi connectivity index (χ3n) is 10.3. The van der Waals surface area contributed by atoms with Gasteiger partial charge in [-0.25, -0.2) is 0 Å². The fourth-order valence-corrected chi connectivity index (χ4v) is 6.95. The highest BCUT2D eigenvalue weighted by atomic mass is 16.7. The van der Waals surface area contributed by atoms with Gasteiger partial charge in [0.2, 0.25) is 5.91 Å². The quantitative estimate of drug-likeness (QED) is 0.107. The van der Waals surface area contributed by atoms with E-state index in [0.717, 1.165) is 33.4 Å². The second kappa shape index (κ2) is 17.1. The number of carbonyl (C=O) groups excluding carboxylic acids is 1. The lowest BCUT2D eigenvalue weighted by Gasteiger charge is -2.43. The van der Waals surface area contributed by atoms with Crippen LogP contribution in [0.5, 0.6) is 0 Å². The number of amides is 1. The highest BCUT2D eigenvalue weighted by Gasteiger charge is 2.39. The van der Waals surface area contributed by atoms with Gasteiger partial charge in [-0.2, -0.15) is 0 Å². The third-order valence-corrected chi connectivity index (χ3v) is 10.3. The summed E-state index contributed by atoms with van der Waals surface area (Å²) in [6.45, 7) is 5.46. The summed E-state index contributed by atoms with van der Waals surface area (Å²) in [5, 5.41) is 23.9. The number of carboxylic acids is 1. The lowest BCUT2D eigenvalue weighted by atomic mass is 9.89. The van der Waals surface area contributed by atoms with Gasteiger partial charge in [0.25, 0.3) is 0 Å². The molecule has 1 saturated heterocycles. The zero-order valence-electron chi connectivity index (χ0n) is 30.1. The lowest BCUT2D eigenvalue weighted by Crippen LogP contribution is -2.44. The van der Waals surface area contributed by atoms with Crippen LogP contribution >= 0.6 is 0 Å². The van der Waals surface area contributed by atoms with Crippen molar-refractivity contribution in [1.29, 1.82) is 0 Å². The Bertz CT molecular complexity index is 1960. The van der Waals surface area contributed by atoms with E-state index >= 15 is 0 Å². The molecule has 1 aliphatic heterocycles. The van der Waals surface area contributed by atoms with Gasteiger partial charge in [-0.3, -0.25) is 14.5 Å². The van der Waals surface area contributed by atoms with Gasteiger partial charge in [-0.1, -0.05) is 116 Å². The highest BCUT2D eigenvalue weighted by molar-refractivity contribution is 5.83. The summed E-state index contributed by atoms with van der Waals surface area (Å²) in [5.74, 6) is -1.02. The molecule has 52 heavy (non-hydrogen) atoms. The number of nitrogens with zero attached hydrogens (tertiary/aromatic N) is 1. The maximum Gasteiger partial charge on any atom is 0.303 e. The number of ether oxygens (including phenoxy) is 2. The number of carbonyl (C=O) groups is 2. The molecule has 3 N–H and O–H groups in total. The van der Waals surface area contributed by atoms with Crippen molar-refractivity contribution in [2.75, 3.05) is 13.6 Å². The van der Waals surface area contributed by atoms with Crippen molar-refractivity contribution in [2.45, 2.75) is 70.8 Å². The van der Waals surface area contributed by atoms with E-state index in [1.54, 1.807) is 0 Å². The molecule has 1 heterocycles. The standard InChI is InChI=1S/C44H48N2O6/c1-29-40(27-46(3)30(2)36-24-19-32-9-4-5-10-37(32)25-36)51-44(52-43(29)34-17-15-31(28-47)16-18-34)35-22-20-33(21-23-35)39-12-7-6-11-38(39)26-45-41(48)13-8-14-42(49)50/h4-7,9-12,15-25,29-30,40,43-44,47H,8,13-14,26-28H2,1-3H3,(H,45,48)(H,49,50). The molecule has 0 aliphatic carbocycles. The summed E-state index contributed by atoms with van der Waals surface area (Å²) in [6, 6.07) is 39.4. The summed E-state index contributed by atoms with van der Waals surface area (Å²) in [5.41, 5.74) is 7.03. The maximum atomic E-state index is 12.4. The Morgan fingerprint density at radius 1 is 0.827 bits per heavy atom. The molecule has 5 aromatic rings. The van der Waals surface area contributed by atoms with Gasteiger partial charge >= 0.3 is 5.97 Å². The van der Waals surface area contributed by atoms with E-state index in [1.807, 2.05) is 60.7 Å². The average molecular weight is 701 g/mol. The second-order valence-corrected chi connectivity index (χ2v) is 13.8. The third kappa shape index (κ3) is 8.95. The number of aliphatic hydroxyl groups is 1. The van der Waals surface area contributed by atoms with Crippen molar-refractivity contribution >= 4 is 22.6 Å². The molecule has 5 unspecified atom stereocenters. The SMILES string of the molecule is CC1C(CN(C)C(C)c2ccc3ccccc3c2)OC(c2ccc(-c3ccccc3CNC(=O)CCCC(=O)O)cc2)OC1c1ccc(CO)cc1. The van der Waals surface area contributed by atoms with Crippen LogP contribution in [0.4, 0.5) is 0 Å². The molecule has 0 spiro atoms. The van der Waals surface area contributed by atoms with Gasteiger partial charge in [0.05, 0.1) is 18.8 Å². The molecular formula is C44H48N2O6. The van der Waals surface area contributed by atoms with Crippen LogP contribution in [0, 0.1) is 5.92 Å². The topological polar surface area (TPSA) is 108 Å². The van der Waals surface area contributed by atoms with Crippen molar-refractivity contribution in [1.82, 2.24) is 10.2 Å². The largest absolute Gasteiger partial charge is 0.481 e. The van der Waals surface area contributed by atoms with E-state index in [1.165, 1.54) is 16.3 Å². The predicted octanol–water partition coefficient (Wildman–Crippen LogP) is 8.35. The maximum absolute atomic E-state index is 12.4. The molecule has 8 nitrogen and oxygen atoms in total. The molecule has 1 aliphatic rings. The molecule has 1 fully saturated rings. The average Bonchev–Trinajstić information content (AvgIpc) is 3.17. The van der Waals surface area contributed by atoms with Crippen LogP contribution in [0.2, 0.25) is 0 Å². The number of carboxylic acid groups (broad SMARTS) is 1. The lowest BCUT2D eigenvalue weighted by molar-refractivity contribution is -0.276. The first kappa shape index (κ1) is 36.9. The minimum absolute atomic E-state index is 0.0121. The zero-order chi connectivity index (χ0) is 36.6. The summed E-state index contributed by atoms with van der Waals surface area (Å²) in [4.78, 5) is 25.5. The van der Waals surface area contributed by atoms with Crippen LogP contribution in [-0.4, -0.2) is 46.7 Å². The van der Waals surface area contributed by atoms with Crippen molar-refractivity contribution in [2.24, 2.45) is 5.92 Å². The Kier molecular flexibility index (Phi) is 12.1. The van der Waals surface area contributed by atoms with Crippen molar-refractivity contribution in [3.05, 3.63) is 143 Å². The molecule has 270 valence electrons. The van der Waals surface area contributed by atoms with Gasteiger partial charge < -0.3 is 25.0 Å². The summed E-state index contributed by atoms with van der Waals surface area (Å²) < 4.78 is 13.5. The fraction of sp³-hybridized carbons (Fsp3) is 0.318. The van der Waals surface area contributed by atoms with Crippen LogP contribution in [-0.2, 0) is 32.2 Å². The Balaban J connectivity index is 1.20. The van der Waals surface area contributed by atoms with E-state index < -0.39 is 12.3 Å². The van der Waals surface area contributed by atoms with Gasteiger partial charge in [0, 0.05) is 43.5 Å². The summed E-state index contributed by atoms with van der Waals surface area (Å²) >= 11 is 0. The number of fused-ring (bicyclic) bond motifs is 1. The molecule has 0 bridgehead atoms. The van der Waals surface area contributed by atoms with Crippen LogP contribution in [0.3, 0.4) is 0 Å². The smallest absolute Gasteiger partial charge is 0.303 e. The van der Waals surface area contributed by atoms with Crippen LogP contribution < -0.4 is 5.32 Å². The van der Waals surface area contributed by atoms with Crippen LogP contribution in [0.25, 0.3) is 21.9 Å². The van der Waals surface area contributed by atoms with Crippen molar-refractivity contribution in [3.63, 3.8) is 0 Å². The number of nitrogens with one attached hydrogen (secondary N) is 1. The van der Waals surface area contributed by atoms with Gasteiger partial charge in [-0.05, 0) is 70.6 Å². The van der Waals surface area contributed by atoms with Crippen LogP contribution in [0.1, 0.15) is 79.4 Å². The zero-order valence-corrected chi connectivity index (χ0v) is 30.1. The van der Waals surface area contributed by atoms with E-state index in [2.05, 4.69) is 85.7 Å². The number of aliphatic carboxylic acids is 1. The van der Waals surface area contributed by atoms with Crippen LogP contribution in [0.15, 0.2) is 115 Å². The molecule has 0 radical (unpaired) electrons. The number of benzene rings is 5. The van der Waals surface area contributed by atoms with Crippen molar-refractivity contribution < 1.29 is 29.3 Å². The van der Waals surface area contributed by atoms with Crippen molar-refractivity contribution in [3.8, 4) is 11.1 Å². The number of hydrogen-bond donors (Lipinski definition) is 3. The minimum Gasteiger partial charge on any atom is -0.481 e. The Labute approximate surface area is 306 Å². The Hall–Kier alpha value is -4.86. The van der Waals surface area contributed by atoms with E-state index in [-0.39, 0.29) is 49.5 Å².